The Bertz CT molecular complexity index is 664. The van der Waals surface area contributed by atoms with E-state index >= 15 is 0 Å². The van der Waals surface area contributed by atoms with Crippen LogP contribution in [0.2, 0.25) is 0 Å². The summed E-state index contributed by atoms with van der Waals surface area (Å²) >= 11 is 0. The van der Waals surface area contributed by atoms with E-state index in [2.05, 4.69) is 9.44 Å². The summed E-state index contributed by atoms with van der Waals surface area (Å²) in [5.74, 6) is 0. The van der Waals surface area contributed by atoms with Crippen LogP contribution < -0.4 is 15.2 Å². The number of hydrogen-bond acceptors (Lipinski definition) is 5. The van der Waals surface area contributed by atoms with Crippen molar-refractivity contribution in [1.82, 2.24) is 9.44 Å². The number of rotatable bonds is 6. The predicted molar refractivity (Wildman–Crippen MR) is 78.1 cm³/mol. The van der Waals surface area contributed by atoms with Crippen LogP contribution in [-0.2, 0) is 20.0 Å². The fourth-order valence-electron chi connectivity index (χ4n) is 1.54. The van der Waals surface area contributed by atoms with E-state index in [1.165, 1.54) is 24.3 Å². The van der Waals surface area contributed by atoms with Gasteiger partial charge in [-0.3, -0.25) is 0 Å². The van der Waals surface area contributed by atoms with Crippen LogP contribution in [0.5, 0.6) is 0 Å². The third-order valence-electron chi connectivity index (χ3n) is 2.36. The lowest BCUT2D eigenvalue weighted by atomic mass is 10.1. The van der Waals surface area contributed by atoms with E-state index in [9.17, 15) is 16.8 Å². The average Bonchev–Trinajstić information content (AvgIpc) is 2.24. The Morgan fingerprint density at radius 3 is 2.05 bits per heavy atom. The molecule has 0 bridgehead atoms. The van der Waals surface area contributed by atoms with E-state index in [4.69, 9.17) is 5.73 Å². The van der Waals surface area contributed by atoms with Crippen LogP contribution in [0.25, 0.3) is 0 Å². The summed E-state index contributed by atoms with van der Waals surface area (Å²) in [5.41, 5.74) is 5.02. The van der Waals surface area contributed by atoms with Crippen molar-refractivity contribution in [3.05, 3.63) is 24.3 Å². The second-order valence-corrected chi connectivity index (χ2v) is 8.67. The van der Waals surface area contributed by atoms with Crippen LogP contribution in [-0.4, -0.2) is 35.2 Å². The lowest BCUT2D eigenvalue weighted by Crippen LogP contribution is -2.50. The first kappa shape index (κ1) is 16.9. The molecule has 0 saturated heterocycles. The highest BCUT2D eigenvalue weighted by atomic mass is 32.2. The quantitative estimate of drug-likeness (QED) is 0.631. The SMILES string of the molecule is CC(C)(CNS(=O)(=O)c1ccc(N)cc1)NS(C)(=O)=O. The van der Waals surface area contributed by atoms with E-state index in [0.29, 0.717) is 5.69 Å². The Hall–Kier alpha value is -1.16. The Balaban J connectivity index is 2.80. The lowest BCUT2D eigenvalue weighted by molar-refractivity contribution is 0.446. The predicted octanol–water partition coefficient (Wildman–Crippen LogP) is -0.125. The van der Waals surface area contributed by atoms with Crippen molar-refractivity contribution in [2.75, 3.05) is 18.5 Å². The minimum atomic E-state index is -3.71. The molecule has 0 heterocycles. The van der Waals surface area contributed by atoms with E-state index < -0.39 is 25.6 Å². The molecule has 20 heavy (non-hydrogen) atoms. The first-order valence-corrected chi connectivity index (χ1v) is 9.13. The molecule has 0 spiro atoms. The molecular formula is C11H19N3O4S2. The van der Waals surface area contributed by atoms with Gasteiger partial charge in [-0.15, -0.1) is 0 Å². The third-order valence-corrected chi connectivity index (χ3v) is 4.70. The van der Waals surface area contributed by atoms with Gasteiger partial charge >= 0.3 is 0 Å². The molecule has 114 valence electrons. The molecule has 7 nitrogen and oxygen atoms in total. The summed E-state index contributed by atoms with van der Waals surface area (Å²) in [7, 11) is -7.13. The molecule has 0 aromatic heterocycles. The Kier molecular flexibility index (Phi) is 4.80. The molecule has 0 unspecified atom stereocenters. The number of nitrogens with two attached hydrogens (primary N) is 1. The molecule has 0 atom stereocenters. The number of sulfonamides is 2. The Morgan fingerprint density at radius 2 is 1.60 bits per heavy atom. The van der Waals surface area contributed by atoms with E-state index in [1.807, 2.05) is 0 Å². The maximum absolute atomic E-state index is 12.0. The summed E-state index contributed by atoms with van der Waals surface area (Å²) in [6.07, 6.45) is 1.02. The van der Waals surface area contributed by atoms with Crippen LogP contribution in [0.3, 0.4) is 0 Å². The van der Waals surface area contributed by atoms with Crippen LogP contribution in [0.15, 0.2) is 29.2 Å². The Labute approximate surface area is 119 Å². The summed E-state index contributed by atoms with van der Waals surface area (Å²) in [6, 6.07) is 5.73. The van der Waals surface area contributed by atoms with E-state index in [-0.39, 0.29) is 11.4 Å². The fourth-order valence-corrected chi connectivity index (χ4v) is 3.83. The monoisotopic (exact) mass is 321 g/mol. The second kappa shape index (κ2) is 5.68. The molecule has 1 rings (SSSR count). The van der Waals surface area contributed by atoms with Crippen molar-refractivity contribution >= 4 is 25.7 Å². The lowest BCUT2D eigenvalue weighted by Gasteiger charge is -2.25. The molecule has 1 aromatic rings. The normalized spacial score (nSPS) is 13.3. The standard InChI is InChI=1S/C11H19N3O4S2/c1-11(2,14-19(3,15)16)8-13-20(17,18)10-6-4-9(12)5-7-10/h4-7,13-14H,8,12H2,1-3H3. The number of nitrogens with one attached hydrogen (secondary N) is 2. The summed E-state index contributed by atoms with van der Waals surface area (Å²) < 4.78 is 51.1. The maximum Gasteiger partial charge on any atom is 0.240 e. The zero-order valence-corrected chi connectivity index (χ0v) is 13.2. The molecule has 0 saturated carbocycles. The second-order valence-electron chi connectivity index (χ2n) is 5.15. The first-order valence-electron chi connectivity index (χ1n) is 5.75. The van der Waals surface area contributed by atoms with Gasteiger partial charge in [0, 0.05) is 17.8 Å². The number of benzene rings is 1. The molecular weight excluding hydrogens is 302 g/mol. The topological polar surface area (TPSA) is 118 Å². The van der Waals surface area contributed by atoms with Crippen LogP contribution in [0.1, 0.15) is 13.8 Å². The van der Waals surface area contributed by atoms with Gasteiger partial charge in [0.05, 0.1) is 11.2 Å². The van der Waals surface area contributed by atoms with Crippen LogP contribution in [0.4, 0.5) is 5.69 Å². The van der Waals surface area contributed by atoms with Crippen molar-refractivity contribution in [2.45, 2.75) is 24.3 Å². The fraction of sp³-hybridized carbons (Fsp3) is 0.455. The van der Waals surface area contributed by atoms with Gasteiger partial charge in [0.25, 0.3) is 0 Å². The minimum absolute atomic E-state index is 0.0712. The Morgan fingerprint density at radius 1 is 1.10 bits per heavy atom. The number of nitrogen functional groups attached to an aromatic ring is 1. The highest BCUT2D eigenvalue weighted by molar-refractivity contribution is 7.89. The van der Waals surface area contributed by atoms with Crippen molar-refractivity contribution < 1.29 is 16.8 Å². The van der Waals surface area contributed by atoms with Gasteiger partial charge in [-0.05, 0) is 38.1 Å². The largest absolute Gasteiger partial charge is 0.399 e. The molecule has 0 fully saturated rings. The summed E-state index contributed by atoms with van der Waals surface area (Å²) in [5, 5.41) is 0. The van der Waals surface area contributed by atoms with Gasteiger partial charge in [0.15, 0.2) is 0 Å². The van der Waals surface area contributed by atoms with Gasteiger partial charge < -0.3 is 5.73 Å². The maximum atomic E-state index is 12.0. The summed E-state index contributed by atoms with van der Waals surface area (Å²) in [4.78, 5) is 0.0712. The highest BCUT2D eigenvalue weighted by Gasteiger charge is 2.25. The van der Waals surface area contributed by atoms with Crippen molar-refractivity contribution in [2.24, 2.45) is 0 Å². The third kappa shape index (κ3) is 5.45. The molecule has 9 heteroatoms. The van der Waals surface area contributed by atoms with Gasteiger partial charge in [-0.2, -0.15) is 0 Å². The molecule has 0 aliphatic carbocycles. The van der Waals surface area contributed by atoms with E-state index in [1.54, 1.807) is 13.8 Å². The van der Waals surface area contributed by atoms with Crippen LogP contribution >= 0.6 is 0 Å². The average molecular weight is 321 g/mol. The smallest absolute Gasteiger partial charge is 0.240 e. The van der Waals surface area contributed by atoms with Crippen molar-refractivity contribution in [1.29, 1.82) is 0 Å². The number of hydrogen-bond donors (Lipinski definition) is 3. The van der Waals surface area contributed by atoms with Crippen molar-refractivity contribution in [3.63, 3.8) is 0 Å². The summed E-state index contributed by atoms with van der Waals surface area (Å²) in [6.45, 7) is 3.09. The zero-order valence-electron chi connectivity index (χ0n) is 11.5. The van der Waals surface area contributed by atoms with Gasteiger partial charge in [-0.25, -0.2) is 26.3 Å². The van der Waals surface area contributed by atoms with Gasteiger partial charge in [0.1, 0.15) is 0 Å². The van der Waals surface area contributed by atoms with Gasteiger partial charge in [-0.1, -0.05) is 0 Å². The van der Waals surface area contributed by atoms with Crippen molar-refractivity contribution in [3.8, 4) is 0 Å². The van der Waals surface area contributed by atoms with Gasteiger partial charge in [0.2, 0.25) is 20.0 Å². The van der Waals surface area contributed by atoms with E-state index in [0.717, 1.165) is 6.26 Å². The highest BCUT2D eigenvalue weighted by Crippen LogP contribution is 2.12. The first-order chi connectivity index (χ1) is 8.91. The number of anilines is 1. The molecule has 4 N–H and O–H groups in total. The molecule has 0 aliphatic heterocycles. The molecule has 0 radical (unpaired) electrons. The molecule has 1 aromatic carbocycles. The zero-order chi connectivity index (χ0) is 15.6. The van der Waals surface area contributed by atoms with Crippen LogP contribution in [0, 0.1) is 0 Å². The minimum Gasteiger partial charge on any atom is -0.399 e. The molecule has 0 amide bonds. The molecule has 0 aliphatic rings.